The van der Waals surface area contributed by atoms with Crippen LogP contribution in [0.25, 0.3) is 21.8 Å². The number of nitrogens with one attached hydrogen (secondary N) is 1. The number of aromatic carboxylic acids is 1. The lowest BCUT2D eigenvalue weighted by Crippen LogP contribution is -2.04. The molecule has 0 atom stereocenters. The number of anilines is 2. The molecule has 168 valence electrons. The average molecular weight is 474 g/mol. The summed E-state index contributed by atoms with van der Waals surface area (Å²) >= 11 is 5.94. The van der Waals surface area contributed by atoms with Crippen LogP contribution in [-0.4, -0.2) is 31.0 Å². The molecule has 5 aromatic rings. The molecule has 5 rings (SSSR count). The van der Waals surface area contributed by atoms with Crippen LogP contribution in [0.2, 0.25) is 5.02 Å². The van der Waals surface area contributed by atoms with Crippen LogP contribution >= 0.6 is 11.6 Å². The van der Waals surface area contributed by atoms with Gasteiger partial charge in [-0.25, -0.2) is 24.1 Å². The Morgan fingerprint density at radius 2 is 1.88 bits per heavy atom. The number of carbonyl (C=O) groups is 1. The zero-order valence-electron chi connectivity index (χ0n) is 17.7. The van der Waals surface area contributed by atoms with Crippen molar-refractivity contribution in [1.29, 1.82) is 0 Å². The maximum Gasteiger partial charge on any atom is 0.335 e. The Kier molecular flexibility index (Phi) is 5.73. The number of aryl methyl sites for hydroxylation is 2. The van der Waals surface area contributed by atoms with Crippen LogP contribution in [0.3, 0.4) is 0 Å². The van der Waals surface area contributed by atoms with Crippen LogP contribution < -0.4 is 5.32 Å². The fraction of sp³-hybridized carbons (Fsp3) is 0.0800. The third kappa shape index (κ3) is 4.35. The van der Waals surface area contributed by atoms with E-state index in [1.54, 1.807) is 18.5 Å². The average Bonchev–Trinajstić information content (AvgIpc) is 2.85. The lowest BCUT2D eigenvalue weighted by Gasteiger charge is -2.13. The van der Waals surface area contributed by atoms with Crippen LogP contribution in [0, 0.1) is 5.82 Å². The molecule has 2 N–H and O–H groups in total. The number of carboxylic acid groups (broad SMARTS) is 1. The molecule has 34 heavy (non-hydrogen) atoms. The van der Waals surface area contributed by atoms with Gasteiger partial charge in [0.05, 0.1) is 16.1 Å². The summed E-state index contributed by atoms with van der Waals surface area (Å²) in [6.07, 6.45) is 4.70. The zero-order valence-corrected chi connectivity index (χ0v) is 18.4. The Bertz CT molecular complexity index is 1550. The van der Waals surface area contributed by atoms with Gasteiger partial charge in [0.15, 0.2) is 5.82 Å². The van der Waals surface area contributed by atoms with Crippen molar-refractivity contribution in [3.63, 3.8) is 0 Å². The molecule has 9 heteroatoms. The van der Waals surface area contributed by atoms with Gasteiger partial charge in [-0.15, -0.1) is 0 Å². The first-order chi connectivity index (χ1) is 16.5. The van der Waals surface area contributed by atoms with Gasteiger partial charge in [0.2, 0.25) is 0 Å². The van der Waals surface area contributed by atoms with Crippen molar-refractivity contribution in [2.45, 2.75) is 12.8 Å². The van der Waals surface area contributed by atoms with Crippen LogP contribution in [0.1, 0.15) is 21.9 Å². The maximum atomic E-state index is 13.6. The van der Waals surface area contributed by atoms with E-state index in [0.29, 0.717) is 46.6 Å². The van der Waals surface area contributed by atoms with Crippen molar-refractivity contribution in [2.75, 3.05) is 5.32 Å². The molecule has 2 aromatic carbocycles. The van der Waals surface area contributed by atoms with Crippen LogP contribution in [0.15, 0.2) is 67.0 Å². The number of rotatable bonds is 6. The van der Waals surface area contributed by atoms with Crippen LogP contribution in [0.4, 0.5) is 15.9 Å². The summed E-state index contributed by atoms with van der Waals surface area (Å²) < 4.78 is 13.6. The minimum absolute atomic E-state index is 0.0334. The van der Waals surface area contributed by atoms with E-state index < -0.39 is 11.8 Å². The number of aromatic nitrogens is 4. The van der Waals surface area contributed by atoms with Gasteiger partial charge in [-0.05, 0) is 48.9 Å². The predicted octanol–water partition coefficient (Wildman–Crippen LogP) is 5.59. The van der Waals surface area contributed by atoms with Crippen molar-refractivity contribution in [3.8, 4) is 0 Å². The predicted molar refractivity (Wildman–Crippen MR) is 128 cm³/mol. The van der Waals surface area contributed by atoms with Gasteiger partial charge in [-0.2, -0.15) is 0 Å². The van der Waals surface area contributed by atoms with E-state index in [2.05, 4.69) is 20.3 Å². The summed E-state index contributed by atoms with van der Waals surface area (Å²) in [5, 5.41) is 13.9. The molecule has 7 nitrogen and oxygen atoms in total. The highest BCUT2D eigenvalue weighted by molar-refractivity contribution is 6.31. The van der Waals surface area contributed by atoms with Crippen molar-refractivity contribution in [2.24, 2.45) is 0 Å². The number of hydrogen-bond donors (Lipinski definition) is 2. The highest BCUT2D eigenvalue weighted by Gasteiger charge is 2.15. The minimum atomic E-state index is -1.05. The summed E-state index contributed by atoms with van der Waals surface area (Å²) in [7, 11) is 0. The second-order valence-electron chi connectivity index (χ2n) is 7.62. The van der Waals surface area contributed by atoms with Gasteiger partial charge >= 0.3 is 5.97 Å². The number of pyridine rings is 2. The molecule has 0 aliphatic carbocycles. The van der Waals surface area contributed by atoms with E-state index >= 15 is 0 Å². The standard InChI is InChI=1S/C25H17ClFN5O2/c26-19-12-16(5-8-20(19)27)30-24-23-18(17-7-4-14(25(33)34)11-21(17)31-24)13-29-22(32-23)9-6-15-3-1-2-10-28-15/h1-5,7-8,10-13H,6,9H2,(H,30,31)(H,33,34). The van der Waals surface area contributed by atoms with E-state index in [4.69, 9.17) is 16.6 Å². The van der Waals surface area contributed by atoms with Gasteiger partial charge in [-0.1, -0.05) is 23.7 Å². The van der Waals surface area contributed by atoms with E-state index in [9.17, 15) is 14.3 Å². The molecule has 0 spiro atoms. The molecule has 0 radical (unpaired) electrons. The highest BCUT2D eigenvalue weighted by atomic mass is 35.5. The molecule has 0 bridgehead atoms. The van der Waals surface area contributed by atoms with Crippen molar-refractivity contribution in [3.05, 3.63) is 94.9 Å². The van der Waals surface area contributed by atoms with Gasteiger partial charge in [0.25, 0.3) is 0 Å². The number of halogens is 2. The highest BCUT2D eigenvalue weighted by Crippen LogP contribution is 2.31. The first-order valence-electron chi connectivity index (χ1n) is 10.4. The van der Waals surface area contributed by atoms with Crippen LogP contribution in [-0.2, 0) is 12.8 Å². The smallest absolute Gasteiger partial charge is 0.335 e. The van der Waals surface area contributed by atoms with Gasteiger partial charge in [0.1, 0.15) is 17.2 Å². The molecule has 0 fully saturated rings. The van der Waals surface area contributed by atoms with Crippen molar-refractivity contribution >= 4 is 50.9 Å². The number of fused-ring (bicyclic) bond motifs is 3. The lowest BCUT2D eigenvalue weighted by molar-refractivity contribution is 0.0697. The fourth-order valence-electron chi connectivity index (χ4n) is 3.66. The van der Waals surface area contributed by atoms with Gasteiger partial charge in [-0.3, -0.25) is 4.98 Å². The first kappa shape index (κ1) is 21.7. The molecule has 0 amide bonds. The Hall–Kier alpha value is -4.17. The monoisotopic (exact) mass is 473 g/mol. The SMILES string of the molecule is O=C(O)c1ccc2c(c1)nc(Nc1ccc(F)c(Cl)c1)c1nc(CCc3ccccn3)ncc12. The molecule has 0 aliphatic heterocycles. The van der Waals surface area contributed by atoms with E-state index in [1.807, 2.05) is 18.2 Å². The zero-order chi connectivity index (χ0) is 23.7. The molecule has 0 aliphatic rings. The topological polar surface area (TPSA) is 101 Å². The molecule has 0 saturated carbocycles. The van der Waals surface area contributed by atoms with Crippen molar-refractivity contribution < 1.29 is 14.3 Å². The summed E-state index contributed by atoms with van der Waals surface area (Å²) in [6, 6.07) is 14.7. The summed E-state index contributed by atoms with van der Waals surface area (Å²) in [6.45, 7) is 0. The third-order valence-corrected chi connectivity index (χ3v) is 5.63. The Morgan fingerprint density at radius 1 is 1.00 bits per heavy atom. The third-order valence-electron chi connectivity index (χ3n) is 5.34. The Labute approximate surface area is 198 Å². The summed E-state index contributed by atoms with van der Waals surface area (Å²) in [5.41, 5.74) is 2.59. The Balaban J connectivity index is 1.62. The number of hydrogen-bond acceptors (Lipinski definition) is 6. The normalized spacial score (nSPS) is 11.1. The number of carboxylic acids is 1. The Morgan fingerprint density at radius 3 is 2.65 bits per heavy atom. The molecule has 3 aromatic heterocycles. The van der Waals surface area contributed by atoms with E-state index in [-0.39, 0.29) is 10.6 Å². The number of nitrogens with zero attached hydrogens (tertiary/aromatic N) is 4. The molecule has 0 saturated heterocycles. The van der Waals surface area contributed by atoms with Gasteiger partial charge < -0.3 is 10.4 Å². The first-order valence-corrected chi connectivity index (χ1v) is 10.8. The van der Waals surface area contributed by atoms with Gasteiger partial charge in [0, 0.05) is 41.0 Å². The fourth-order valence-corrected chi connectivity index (χ4v) is 3.84. The molecule has 0 unspecified atom stereocenters. The second kappa shape index (κ2) is 8.99. The molecular formula is C25H17ClFN5O2. The number of benzene rings is 2. The molecular weight excluding hydrogens is 457 g/mol. The van der Waals surface area contributed by atoms with Crippen LogP contribution in [0.5, 0.6) is 0 Å². The summed E-state index contributed by atoms with van der Waals surface area (Å²) in [5.74, 6) is -0.589. The minimum Gasteiger partial charge on any atom is -0.478 e. The van der Waals surface area contributed by atoms with E-state index in [1.165, 1.54) is 30.3 Å². The quantitative estimate of drug-likeness (QED) is 0.310. The summed E-state index contributed by atoms with van der Waals surface area (Å²) in [4.78, 5) is 29.7. The van der Waals surface area contributed by atoms with E-state index in [0.717, 1.165) is 11.1 Å². The second-order valence-corrected chi connectivity index (χ2v) is 8.03. The lowest BCUT2D eigenvalue weighted by atomic mass is 10.1. The molecule has 3 heterocycles. The largest absolute Gasteiger partial charge is 0.478 e. The maximum absolute atomic E-state index is 13.6. The van der Waals surface area contributed by atoms with Crippen molar-refractivity contribution in [1.82, 2.24) is 19.9 Å².